The zero-order valence-electron chi connectivity index (χ0n) is 3.71. The molecule has 0 unspecified atom stereocenters. The monoisotopic (exact) mass is 60.1 g/mol. The minimum atomic E-state index is 0. The van der Waals surface area contributed by atoms with Gasteiger partial charge in [0.1, 0.15) is 0 Å². The van der Waals surface area contributed by atoms with Crippen molar-refractivity contribution in [2.24, 2.45) is 0 Å². The molecule has 0 aliphatic rings. The van der Waals surface area contributed by atoms with Gasteiger partial charge in [0.25, 0.3) is 0 Å². The Balaban J connectivity index is 0. The Labute approximate surface area is 45.1 Å². The fourth-order valence-electron chi connectivity index (χ4n) is 0. The van der Waals surface area contributed by atoms with Crippen molar-refractivity contribution in [3.63, 3.8) is 0 Å². The van der Waals surface area contributed by atoms with Crippen LogP contribution in [0.4, 0.5) is 0 Å². The van der Waals surface area contributed by atoms with E-state index in [2.05, 4.69) is 18.8 Å². The third-order valence-electron chi connectivity index (χ3n) is 0.177. The molecule has 22 valence electrons. The smallest absolute Gasteiger partial charge is 0.331 e. The molecule has 0 atom stereocenters. The van der Waals surface area contributed by atoms with Gasteiger partial charge < -0.3 is 5.92 Å². The topological polar surface area (TPSA) is 0 Å². The first-order valence-electron chi connectivity index (χ1n) is 1.10. The van der Waals surface area contributed by atoms with E-state index >= 15 is 0 Å². The van der Waals surface area contributed by atoms with Gasteiger partial charge in [-0.15, -0.1) is 0 Å². The second-order valence-corrected chi connectivity index (χ2v) is 0.427. The number of rotatable bonds is 0. The summed E-state index contributed by atoms with van der Waals surface area (Å²) >= 11 is 0. The van der Waals surface area contributed by atoms with Crippen LogP contribution in [0.5, 0.6) is 0 Å². The van der Waals surface area contributed by atoms with Gasteiger partial charge >= 0.3 is 18.9 Å². The van der Waals surface area contributed by atoms with E-state index in [1.165, 1.54) is 0 Å². The first kappa shape index (κ1) is 8.90. The van der Waals surface area contributed by atoms with E-state index in [-0.39, 0.29) is 18.9 Å². The Morgan fingerprint density at radius 1 is 1.60 bits per heavy atom. The van der Waals surface area contributed by atoms with E-state index in [1.54, 1.807) is 6.92 Å². The predicted octanol–water partition coefficient (Wildman–Crippen LogP) is -2.15. The zero-order valence-corrected chi connectivity index (χ0v) is 3.71. The van der Waals surface area contributed by atoms with Crippen molar-refractivity contribution < 1.29 is 18.9 Å². The second kappa shape index (κ2) is 8.98. The van der Waals surface area contributed by atoms with Crippen LogP contribution < -0.4 is 18.9 Å². The average Bonchev–Trinajstić information content (AvgIpc) is 1.37. The van der Waals surface area contributed by atoms with Gasteiger partial charge in [-0.3, -0.25) is 5.92 Å². The van der Waals surface area contributed by atoms with Crippen LogP contribution in [0.25, 0.3) is 0 Å². The van der Waals surface area contributed by atoms with Gasteiger partial charge in [-0.2, -0.15) is 6.92 Å². The summed E-state index contributed by atoms with van der Waals surface area (Å²) in [6, 6.07) is 0. The fourth-order valence-corrected chi connectivity index (χ4v) is 0. The largest absolute Gasteiger partial charge is 1.00 e. The third kappa shape index (κ3) is 15.7. The van der Waals surface area contributed by atoms with E-state index in [0.29, 0.717) is 0 Å². The van der Waals surface area contributed by atoms with Crippen LogP contribution in [0.3, 0.4) is 0 Å². The minimum Gasteiger partial charge on any atom is -0.331 e. The molecule has 0 aromatic rings. The molecule has 0 amide bonds. The molecule has 0 saturated heterocycles. The molecule has 5 heavy (non-hydrogen) atoms. The van der Waals surface area contributed by atoms with E-state index in [0.717, 1.165) is 0 Å². The molecule has 0 aliphatic carbocycles. The van der Waals surface area contributed by atoms with Crippen LogP contribution in [0.2, 0.25) is 0 Å². The second-order valence-electron chi connectivity index (χ2n) is 0.427. The molecule has 0 radical (unpaired) electrons. The van der Waals surface area contributed by atoms with Crippen molar-refractivity contribution in [2.75, 3.05) is 0 Å². The van der Waals surface area contributed by atoms with Gasteiger partial charge in [-0.1, -0.05) is 6.92 Å². The average molecular weight is 60.0 g/mol. The molecule has 0 heterocycles. The predicted molar refractivity (Wildman–Crippen MR) is 18.8 cm³/mol. The van der Waals surface area contributed by atoms with Gasteiger partial charge in [0.05, 0.1) is 0 Å². The Morgan fingerprint density at radius 2 is 1.80 bits per heavy atom. The van der Waals surface area contributed by atoms with Crippen LogP contribution >= 0.6 is 0 Å². The third-order valence-corrected chi connectivity index (χ3v) is 0.177. The molecule has 1 heteroatoms. The van der Waals surface area contributed by atoms with E-state index in [1.807, 2.05) is 0 Å². The zero-order chi connectivity index (χ0) is 3.41. The number of hydrogen-bond acceptors (Lipinski definition) is 0. The first-order chi connectivity index (χ1) is 1.91. The Bertz CT molecular complexity index is 40.4. The summed E-state index contributed by atoms with van der Waals surface area (Å²) in [4.78, 5) is 0. The molecule has 0 aliphatic heterocycles. The molecular formula is C4H5Li. The Kier molecular flexibility index (Phi) is 16.0. The molecule has 0 spiro atoms. The van der Waals surface area contributed by atoms with Crippen molar-refractivity contribution >= 4 is 0 Å². The maximum atomic E-state index is 3.24. The van der Waals surface area contributed by atoms with Gasteiger partial charge in [-0.25, -0.2) is 0 Å². The Hall–Kier alpha value is 0.0274. The number of hydrogen-bond donors (Lipinski definition) is 0. The standard InChI is InChI=1S/C4H5.Li/c1-3-4-2;/h1H2,2H3;/q-1;+1. The summed E-state index contributed by atoms with van der Waals surface area (Å²) in [6.45, 7) is 5.00. The van der Waals surface area contributed by atoms with Gasteiger partial charge in [0.2, 0.25) is 0 Å². The van der Waals surface area contributed by atoms with Crippen LogP contribution in [-0.2, 0) is 0 Å². The molecule has 0 N–H and O–H groups in total. The van der Waals surface area contributed by atoms with Crippen molar-refractivity contribution in [1.29, 1.82) is 0 Å². The summed E-state index contributed by atoms with van der Waals surface area (Å²) in [5.74, 6) is 5.00. The Morgan fingerprint density at radius 3 is 1.80 bits per heavy atom. The summed E-state index contributed by atoms with van der Waals surface area (Å²) in [5.41, 5.74) is 0. The molecule has 0 rings (SSSR count). The maximum absolute atomic E-state index is 3.24. The van der Waals surface area contributed by atoms with Crippen molar-refractivity contribution in [3.8, 4) is 11.8 Å². The SMILES string of the molecule is [CH2-]C#CC.[Li+]. The van der Waals surface area contributed by atoms with Crippen molar-refractivity contribution in [2.45, 2.75) is 6.92 Å². The summed E-state index contributed by atoms with van der Waals surface area (Å²) < 4.78 is 0. The quantitative estimate of drug-likeness (QED) is 0.170. The molecule has 0 bridgehead atoms. The van der Waals surface area contributed by atoms with Crippen LogP contribution in [-0.4, -0.2) is 0 Å². The van der Waals surface area contributed by atoms with Crippen LogP contribution in [0.1, 0.15) is 6.92 Å². The molecule has 0 saturated carbocycles. The van der Waals surface area contributed by atoms with E-state index in [9.17, 15) is 0 Å². The van der Waals surface area contributed by atoms with Crippen molar-refractivity contribution in [3.05, 3.63) is 6.92 Å². The molecule has 0 nitrogen and oxygen atoms in total. The van der Waals surface area contributed by atoms with Crippen LogP contribution in [0, 0.1) is 18.8 Å². The fraction of sp³-hybridized carbons (Fsp3) is 0.250. The minimum absolute atomic E-state index is 0. The summed E-state index contributed by atoms with van der Waals surface area (Å²) in [7, 11) is 0. The van der Waals surface area contributed by atoms with Gasteiger partial charge in [0, 0.05) is 0 Å². The van der Waals surface area contributed by atoms with Gasteiger partial charge in [-0.05, 0) is 0 Å². The first-order valence-corrected chi connectivity index (χ1v) is 1.10. The molecule has 0 aromatic heterocycles. The van der Waals surface area contributed by atoms with Crippen molar-refractivity contribution in [1.82, 2.24) is 0 Å². The van der Waals surface area contributed by atoms with E-state index in [4.69, 9.17) is 0 Å². The normalized spacial score (nSPS) is 2.60. The van der Waals surface area contributed by atoms with Crippen LogP contribution in [0.15, 0.2) is 0 Å². The molecule has 0 fully saturated rings. The molecule has 0 aromatic carbocycles. The summed E-state index contributed by atoms with van der Waals surface area (Å²) in [5, 5.41) is 0. The molecular weight excluding hydrogens is 55.0 g/mol. The van der Waals surface area contributed by atoms with Gasteiger partial charge in [0.15, 0.2) is 0 Å². The maximum Gasteiger partial charge on any atom is 1.00 e. The van der Waals surface area contributed by atoms with E-state index < -0.39 is 0 Å². The summed E-state index contributed by atoms with van der Waals surface area (Å²) in [6.07, 6.45) is 0.